The largest absolute Gasteiger partial charge is 0.490 e. The van der Waals surface area contributed by atoms with Crippen molar-refractivity contribution in [1.29, 1.82) is 0 Å². The molecule has 0 unspecified atom stereocenters. The SMILES string of the molecule is CCCOc1c(Br)cc(C=NNc2ccc(Cl)c(Cl)c2)cc1OCC. The van der Waals surface area contributed by atoms with Crippen molar-refractivity contribution < 1.29 is 9.47 Å². The zero-order valence-electron chi connectivity index (χ0n) is 14.0. The molecule has 0 saturated heterocycles. The second-order valence-corrected chi connectivity index (χ2v) is 6.78. The number of anilines is 1. The lowest BCUT2D eigenvalue weighted by atomic mass is 10.2. The summed E-state index contributed by atoms with van der Waals surface area (Å²) in [7, 11) is 0. The highest BCUT2D eigenvalue weighted by Crippen LogP contribution is 2.36. The molecular formula is C18H19BrCl2N2O2. The van der Waals surface area contributed by atoms with E-state index in [1.807, 2.05) is 19.1 Å². The van der Waals surface area contributed by atoms with E-state index in [-0.39, 0.29) is 0 Å². The minimum atomic E-state index is 0.473. The number of halogens is 3. The number of hydrazone groups is 1. The Morgan fingerprint density at radius 1 is 1.12 bits per heavy atom. The Kier molecular flexibility index (Phi) is 7.88. The number of hydrogen-bond acceptors (Lipinski definition) is 4. The lowest BCUT2D eigenvalue weighted by molar-refractivity contribution is 0.275. The van der Waals surface area contributed by atoms with Crippen LogP contribution in [0.15, 0.2) is 39.9 Å². The minimum Gasteiger partial charge on any atom is -0.490 e. The van der Waals surface area contributed by atoms with Crippen LogP contribution < -0.4 is 14.9 Å². The number of rotatable bonds is 8. The summed E-state index contributed by atoms with van der Waals surface area (Å²) >= 11 is 15.4. The van der Waals surface area contributed by atoms with Crippen LogP contribution in [0.4, 0.5) is 5.69 Å². The fourth-order valence-corrected chi connectivity index (χ4v) is 2.89. The Balaban J connectivity index is 2.16. The van der Waals surface area contributed by atoms with Gasteiger partial charge in [-0.1, -0.05) is 30.1 Å². The summed E-state index contributed by atoms with van der Waals surface area (Å²) in [5.41, 5.74) is 4.54. The van der Waals surface area contributed by atoms with Crippen LogP contribution >= 0.6 is 39.1 Å². The van der Waals surface area contributed by atoms with Gasteiger partial charge in [-0.15, -0.1) is 0 Å². The first-order valence-corrected chi connectivity index (χ1v) is 9.43. The maximum Gasteiger partial charge on any atom is 0.175 e. The van der Waals surface area contributed by atoms with Crippen LogP contribution in [0.25, 0.3) is 0 Å². The zero-order chi connectivity index (χ0) is 18.2. The van der Waals surface area contributed by atoms with Gasteiger partial charge < -0.3 is 9.47 Å². The third-order valence-corrected chi connectivity index (χ3v) is 4.44. The molecule has 0 heterocycles. The molecule has 0 amide bonds. The van der Waals surface area contributed by atoms with Crippen molar-refractivity contribution in [2.24, 2.45) is 5.10 Å². The minimum absolute atomic E-state index is 0.473. The van der Waals surface area contributed by atoms with Crippen LogP contribution in [0.2, 0.25) is 10.0 Å². The molecule has 0 spiro atoms. The maximum atomic E-state index is 5.98. The van der Waals surface area contributed by atoms with Crippen molar-refractivity contribution in [3.63, 3.8) is 0 Å². The van der Waals surface area contributed by atoms with E-state index in [4.69, 9.17) is 32.7 Å². The average molecular weight is 446 g/mol. The molecular weight excluding hydrogens is 427 g/mol. The van der Waals surface area contributed by atoms with Gasteiger partial charge in [0.1, 0.15) is 0 Å². The summed E-state index contributed by atoms with van der Waals surface area (Å²) in [4.78, 5) is 0. The molecule has 2 aromatic rings. The van der Waals surface area contributed by atoms with Crippen LogP contribution in [0.1, 0.15) is 25.8 Å². The molecule has 0 aliphatic rings. The molecule has 2 rings (SSSR count). The van der Waals surface area contributed by atoms with Crippen LogP contribution in [-0.4, -0.2) is 19.4 Å². The van der Waals surface area contributed by atoms with Gasteiger partial charge in [0.05, 0.1) is 39.6 Å². The van der Waals surface area contributed by atoms with E-state index in [1.54, 1.807) is 24.4 Å². The molecule has 7 heteroatoms. The number of ether oxygens (including phenoxy) is 2. The molecule has 0 saturated carbocycles. The first-order valence-electron chi connectivity index (χ1n) is 7.88. The molecule has 134 valence electrons. The van der Waals surface area contributed by atoms with E-state index >= 15 is 0 Å². The van der Waals surface area contributed by atoms with Crippen molar-refractivity contribution in [3.8, 4) is 11.5 Å². The van der Waals surface area contributed by atoms with Gasteiger partial charge in [0, 0.05) is 0 Å². The summed E-state index contributed by atoms with van der Waals surface area (Å²) in [5.74, 6) is 1.39. The van der Waals surface area contributed by atoms with Gasteiger partial charge in [-0.3, -0.25) is 5.43 Å². The predicted molar refractivity (Wildman–Crippen MR) is 109 cm³/mol. The Labute approximate surface area is 166 Å². The van der Waals surface area contributed by atoms with Gasteiger partial charge in [-0.2, -0.15) is 5.10 Å². The summed E-state index contributed by atoms with van der Waals surface area (Å²) in [6.07, 6.45) is 2.62. The van der Waals surface area contributed by atoms with Crippen molar-refractivity contribution in [3.05, 3.63) is 50.4 Å². The Morgan fingerprint density at radius 3 is 2.60 bits per heavy atom. The molecule has 2 aromatic carbocycles. The molecule has 0 bridgehead atoms. The normalized spacial score (nSPS) is 10.9. The van der Waals surface area contributed by atoms with Crippen molar-refractivity contribution in [1.82, 2.24) is 0 Å². The zero-order valence-corrected chi connectivity index (χ0v) is 17.1. The van der Waals surface area contributed by atoms with Gasteiger partial charge in [0.25, 0.3) is 0 Å². The monoisotopic (exact) mass is 444 g/mol. The molecule has 0 aliphatic carbocycles. The van der Waals surface area contributed by atoms with Gasteiger partial charge >= 0.3 is 0 Å². The van der Waals surface area contributed by atoms with Gasteiger partial charge in [0.15, 0.2) is 11.5 Å². The Bertz CT molecular complexity index is 754. The third kappa shape index (κ3) is 5.80. The molecule has 1 N–H and O–H groups in total. The van der Waals surface area contributed by atoms with Crippen molar-refractivity contribution in [2.45, 2.75) is 20.3 Å². The smallest absolute Gasteiger partial charge is 0.175 e. The molecule has 0 aliphatic heterocycles. The second-order valence-electron chi connectivity index (χ2n) is 5.11. The maximum absolute atomic E-state index is 5.98. The average Bonchev–Trinajstić information content (AvgIpc) is 2.58. The van der Waals surface area contributed by atoms with Crippen molar-refractivity contribution in [2.75, 3.05) is 18.6 Å². The molecule has 0 atom stereocenters. The van der Waals surface area contributed by atoms with E-state index in [9.17, 15) is 0 Å². The first-order chi connectivity index (χ1) is 12.0. The Hall–Kier alpha value is -1.43. The van der Waals surface area contributed by atoms with Crippen LogP contribution in [0.5, 0.6) is 11.5 Å². The highest BCUT2D eigenvalue weighted by atomic mass is 79.9. The predicted octanol–water partition coefficient (Wildman–Crippen LogP) is 6.39. The first kappa shape index (κ1) is 19.9. The van der Waals surface area contributed by atoms with Crippen LogP contribution in [0.3, 0.4) is 0 Å². The second kappa shape index (κ2) is 9.90. The number of nitrogens with zero attached hydrogens (tertiary/aromatic N) is 1. The van der Waals surface area contributed by atoms with E-state index < -0.39 is 0 Å². The number of benzene rings is 2. The van der Waals surface area contributed by atoms with E-state index in [0.717, 1.165) is 22.1 Å². The molecule has 0 fully saturated rings. The van der Waals surface area contributed by atoms with Crippen LogP contribution in [0, 0.1) is 0 Å². The topological polar surface area (TPSA) is 42.8 Å². The summed E-state index contributed by atoms with van der Waals surface area (Å²) < 4.78 is 12.3. The van der Waals surface area contributed by atoms with E-state index in [0.29, 0.717) is 34.8 Å². The fourth-order valence-electron chi connectivity index (χ4n) is 2.02. The summed E-state index contributed by atoms with van der Waals surface area (Å²) in [5, 5.41) is 5.20. The molecule has 4 nitrogen and oxygen atoms in total. The number of nitrogens with one attached hydrogen (secondary N) is 1. The fraction of sp³-hybridized carbons (Fsp3) is 0.278. The van der Waals surface area contributed by atoms with Gasteiger partial charge in [-0.05, 0) is 65.2 Å². The molecule has 0 aromatic heterocycles. The Morgan fingerprint density at radius 2 is 1.92 bits per heavy atom. The lowest BCUT2D eigenvalue weighted by Crippen LogP contribution is -2.02. The molecule has 25 heavy (non-hydrogen) atoms. The highest BCUT2D eigenvalue weighted by molar-refractivity contribution is 9.10. The summed E-state index contributed by atoms with van der Waals surface area (Å²) in [6, 6.07) is 9.04. The standard InChI is InChI=1S/C18H19BrCl2N2O2/c1-3-7-25-18-14(19)8-12(9-17(18)24-4-2)11-22-23-13-5-6-15(20)16(21)10-13/h5-6,8-11,23H,3-4,7H2,1-2H3. The van der Waals surface area contributed by atoms with E-state index in [2.05, 4.69) is 33.4 Å². The van der Waals surface area contributed by atoms with Gasteiger partial charge in [0.2, 0.25) is 0 Å². The molecule has 0 radical (unpaired) electrons. The number of hydrogen-bond donors (Lipinski definition) is 1. The van der Waals surface area contributed by atoms with Crippen LogP contribution in [-0.2, 0) is 0 Å². The lowest BCUT2D eigenvalue weighted by Gasteiger charge is -2.14. The van der Waals surface area contributed by atoms with Crippen molar-refractivity contribution >= 4 is 51.0 Å². The summed E-state index contributed by atoms with van der Waals surface area (Å²) in [6.45, 7) is 5.18. The highest BCUT2D eigenvalue weighted by Gasteiger charge is 2.11. The third-order valence-electron chi connectivity index (χ3n) is 3.11. The van der Waals surface area contributed by atoms with E-state index in [1.165, 1.54) is 0 Å². The quantitative estimate of drug-likeness (QED) is 0.378. The van der Waals surface area contributed by atoms with Gasteiger partial charge in [-0.25, -0.2) is 0 Å².